The summed E-state index contributed by atoms with van der Waals surface area (Å²) >= 11 is 11.6. The molecular weight excluding hydrogens is 315 g/mol. The molecule has 1 aromatic heterocycles. The Bertz CT molecular complexity index is 465. The maximum Gasteiger partial charge on any atom is 0.404 e. The third-order valence-electron chi connectivity index (χ3n) is 2.82. The molecule has 1 amide bonds. The molecule has 1 heterocycles. The average Bonchev–Trinajstić information content (AvgIpc) is 2.86. The van der Waals surface area contributed by atoms with Crippen molar-refractivity contribution in [3.63, 3.8) is 0 Å². The third-order valence-corrected chi connectivity index (χ3v) is 3.28. The van der Waals surface area contributed by atoms with Gasteiger partial charge in [0, 0.05) is 12.1 Å². The standard InChI is InChI=1S/C9H11Cl2N3.C4H9NO2/c10-7-5-12-9(11)14-8(7)13-6-3-1-2-4-6;1-3(2)5-4(6)7/h5-6H,1-4H2,(H,12,13,14);3,5H,1-2H3,(H,6,7). The zero-order chi connectivity index (χ0) is 15.8. The Hall–Kier alpha value is -1.27. The summed E-state index contributed by atoms with van der Waals surface area (Å²) < 4.78 is 0. The van der Waals surface area contributed by atoms with Crippen molar-refractivity contribution < 1.29 is 9.90 Å². The summed E-state index contributed by atoms with van der Waals surface area (Å²) in [5, 5.41) is 14.2. The number of halogens is 2. The molecule has 3 N–H and O–H groups in total. The van der Waals surface area contributed by atoms with Crippen LogP contribution in [0.25, 0.3) is 0 Å². The van der Waals surface area contributed by atoms with Crippen LogP contribution in [0, 0.1) is 0 Å². The number of carboxylic acid groups (broad SMARTS) is 1. The Kier molecular flexibility index (Phi) is 7.53. The van der Waals surface area contributed by atoms with E-state index in [4.69, 9.17) is 28.3 Å². The van der Waals surface area contributed by atoms with Crippen molar-refractivity contribution in [3.05, 3.63) is 16.5 Å². The van der Waals surface area contributed by atoms with Crippen LogP contribution in [0.5, 0.6) is 0 Å². The first-order valence-corrected chi connectivity index (χ1v) is 7.58. The Morgan fingerprint density at radius 1 is 1.38 bits per heavy atom. The molecule has 6 nitrogen and oxygen atoms in total. The Balaban J connectivity index is 0.000000270. The van der Waals surface area contributed by atoms with E-state index < -0.39 is 6.09 Å². The predicted octanol–water partition coefficient (Wildman–Crippen LogP) is 3.80. The van der Waals surface area contributed by atoms with Gasteiger partial charge in [-0.25, -0.2) is 9.78 Å². The second-order valence-corrected chi connectivity index (χ2v) is 5.81. The minimum Gasteiger partial charge on any atom is -0.465 e. The Morgan fingerprint density at radius 3 is 2.48 bits per heavy atom. The Morgan fingerprint density at radius 2 is 2.00 bits per heavy atom. The number of hydrogen-bond acceptors (Lipinski definition) is 4. The second-order valence-electron chi connectivity index (χ2n) is 5.07. The molecule has 0 bridgehead atoms. The lowest BCUT2D eigenvalue weighted by atomic mass is 10.2. The van der Waals surface area contributed by atoms with Crippen molar-refractivity contribution in [3.8, 4) is 0 Å². The van der Waals surface area contributed by atoms with Crippen molar-refractivity contribution in [1.82, 2.24) is 15.3 Å². The van der Waals surface area contributed by atoms with Gasteiger partial charge in [0.25, 0.3) is 0 Å². The molecule has 2 rings (SSSR count). The minimum atomic E-state index is -0.963. The van der Waals surface area contributed by atoms with E-state index in [1.165, 1.54) is 31.9 Å². The smallest absolute Gasteiger partial charge is 0.404 e. The van der Waals surface area contributed by atoms with Gasteiger partial charge in [0.05, 0.1) is 6.20 Å². The van der Waals surface area contributed by atoms with Crippen LogP contribution in [0.15, 0.2) is 6.20 Å². The van der Waals surface area contributed by atoms with Crippen LogP contribution >= 0.6 is 23.2 Å². The lowest BCUT2D eigenvalue weighted by Gasteiger charge is -2.13. The number of nitrogens with zero attached hydrogens (tertiary/aromatic N) is 2. The van der Waals surface area contributed by atoms with Gasteiger partial charge in [-0.05, 0) is 38.3 Å². The molecule has 0 saturated heterocycles. The van der Waals surface area contributed by atoms with E-state index in [-0.39, 0.29) is 11.3 Å². The molecule has 0 unspecified atom stereocenters. The molecular formula is C13H20Cl2N4O2. The van der Waals surface area contributed by atoms with Crippen LogP contribution < -0.4 is 10.6 Å². The van der Waals surface area contributed by atoms with Crippen LogP contribution in [0.1, 0.15) is 39.5 Å². The van der Waals surface area contributed by atoms with Gasteiger partial charge >= 0.3 is 6.09 Å². The highest BCUT2D eigenvalue weighted by Gasteiger charge is 2.16. The maximum absolute atomic E-state index is 9.70. The van der Waals surface area contributed by atoms with Crippen LogP contribution in [0.4, 0.5) is 10.6 Å². The van der Waals surface area contributed by atoms with Gasteiger partial charge in [-0.2, -0.15) is 4.98 Å². The first-order valence-electron chi connectivity index (χ1n) is 6.82. The number of nitrogens with one attached hydrogen (secondary N) is 2. The first kappa shape index (κ1) is 17.8. The molecule has 1 saturated carbocycles. The van der Waals surface area contributed by atoms with Crippen molar-refractivity contribution in [1.29, 1.82) is 0 Å². The average molecular weight is 335 g/mol. The van der Waals surface area contributed by atoms with Crippen LogP contribution in [-0.4, -0.2) is 33.3 Å². The van der Waals surface area contributed by atoms with Crippen molar-refractivity contribution in [2.24, 2.45) is 0 Å². The topological polar surface area (TPSA) is 87.1 Å². The fourth-order valence-corrected chi connectivity index (χ4v) is 2.24. The second kappa shape index (κ2) is 8.89. The summed E-state index contributed by atoms with van der Waals surface area (Å²) in [5.74, 6) is 0.651. The van der Waals surface area contributed by atoms with Gasteiger partial charge in [-0.1, -0.05) is 24.4 Å². The zero-order valence-electron chi connectivity index (χ0n) is 12.1. The van der Waals surface area contributed by atoms with E-state index in [0.29, 0.717) is 16.9 Å². The molecule has 0 spiro atoms. The molecule has 1 aliphatic carbocycles. The molecule has 0 atom stereocenters. The normalized spacial score (nSPS) is 14.5. The van der Waals surface area contributed by atoms with E-state index in [0.717, 1.165) is 0 Å². The Labute approximate surface area is 134 Å². The molecule has 21 heavy (non-hydrogen) atoms. The lowest BCUT2D eigenvalue weighted by molar-refractivity contribution is 0.191. The SMILES string of the molecule is CC(C)NC(=O)O.Clc1ncc(Cl)c(NC2CCCC2)n1. The van der Waals surface area contributed by atoms with Gasteiger partial charge in [0.2, 0.25) is 5.28 Å². The minimum absolute atomic E-state index is 0.0255. The quantitative estimate of drug-likeness (QED) is 0.732. The summed E-state index contributed by atoms with van der Waals surface area (Å²) in [5.41, 5.74) is 0. The number of amides is 1. The van der Waals surface area contributed by atoms with E-state index >= 15 is 0 Å². The van der Waals surface area contributed by atoms with Gasteiger partial charge in [-0.15, -0.1) is 0 Å². The summed E-state index contributed by atoms with van der Waals surface area (Å²) in [4.78, 5) is 17.5. The highest BCUT2D eigenvalue weighted by molar-refractivity contribution is 6.33. The fourth-order valence-electron chi connectivity index (χ4n) is 1.96. The predicted molar refractivity (Wildman–Crippen MR) is 84.2 cm³/mol. The summed E-state index contributed by atoms with van der Waals surface area (Å²) in [6.07, 6.45) is 5.46. The van der Waals surface area contributed by atoms with Gasteiger partial charge in [0.15, 0.2) is 0 Å². The van der Waals surface area contributed by atoms with Crippen LogP contribution in [0.3, 0.4) is 0 Å². The molecule has 1 fully saturated rings. The summed E-state index contributed by atoms with van der Waals surface area (Å²) in [7, 11) is 0. The van der Waals surface area contributed by atoms with E-state index in [9.17, 15) is 4.79 Å². The molecule has 1 aliphatic rings. The van der Waals surface area contributed by atoms with Crippen LogP contribution in [-0.2, 0) is 0 Å². The number of anilines is 1. The number of aromatic nitrogens is 2. The molecule has 118 valence electrons. The maximum atomic E-state index is 9.70. The highest BCUT2D eigenvalue weighted by Crippen LogP contribution is 2.25. The summed E-state index contributed by atoms with van der Waals surface area (Å²) in [6, 6.07) is 0.510. The number of carbonyl (C=O) groups is 1. The van der Waals surface area contributed by atoms with Crippen molar-refractivity contribution in [2.75, 3.05) is 5.32 Å². The van der Waals surface area contributed by atoms with E-state index in [1.54, 1.807) is 13.8 Å². The van der Waals surface area contributed by atoms with Crippen molar-refractivity contribution in [2.45, 2.75) is 51.6 Å². The third kappa shape index (κ3) is 7.34. The molecule has 1 aromatic rings. The fraction of sp³-hybridized carbons (Fsp3) is 0.615. The van der Waals surface area contributed by atoms with Gasteiger partial charge in [0.1, 0.15) is 10.8 Å². The van der Waals surface area contributed by atoms with Gasteiger partial charge in [-0.3, -0.25) is 0 Å². The molecule has 0 aliphatic heterocycles. The number of hydrogen-bond donors (Lipinski definition) is 3. The first-order chi connectivity index (χ1) is 9.88. The zero-order valence-corrected chi connectivity index (χ0v) is 13.6. The van der Waals surface area contributed by atoms with E-state index in [2.05, 4.69) is 20.6 Å². The van der Waals surface area contributed by atoms with Crippen LogP contribution in [0.2, 0.25) is 10.3 Å². The summed E-state index contributed by atoms with van der Waals surface area (Å²) in [6.45, 7) is 3.54. The van der Waals surface area contributed by atoms with Crippen molar-refractivity contribution >= 4 is 35.1 Å². The molecule has 8 heteroatoms. The van der Waals surface area contributed by atoms with E-state index in [1.807, 2.05) is 0 Å². The largest absolute Gasteiger partial charge is 0.465 e. The lowest BCUT2D eigenvalue weighted by Crippen LogP contribution is -2.27. The van der Waals surface area contributed by atoms with Gasteiger partial charge < -0.3 is 15.7 Å². The molecule has 0 aromatic carbocycles. The molecule has 0 radical (unpaired) electrons. The highest BCUT2D eigenvalue weighted by atomic mass is 35.5. The number of rotatable bonds is 3. The monoisotopic (exact) mass is 334 g/mol.